The van der Waals surface area contributed by atoms with Gasteiger partial charge < -0.3 is 19.5 Å². The van der Waals surface area contributed by atoms with E-state index in [2.05, 4.69) is 14.8 Å². The van der Waals surface area contributed by atoms with Crippen molar-refractivity contribution in [3.05, 3.63) is 0 Å². The van der Waals surface area contributed by atoms with Crippen molar-refractivity contribution >= 4 is 29.6 Å². The summed E-state index contributed by atoms with van der Waals surface area (Å²) in [6.07, 6.45) is -0.709. The van der Waals surface area contributed by atoms with Crippen molar-refractivity contribution in [1.29, 1.82) is 0 Å². The van der Waals surface area contributed by atoms with Crippen LogP contribution in [0.2, 0.25) is 0 Å². The van der Waals surface area contributed by atoms with Crippen molar-refractivity contribution < 1.29 is 28.6 Å². The minimum atomic E-state index is -0.647. The Hall–Kier alpha value is -1.50. The maximum absolute atomic E-state index is 11.6. The molecule has 128 valence electrons. The highest BCUT2D eigenvalue weighted by molar-refractivity contribution is 6.21. The number of amides is 1. The first-order valence-corrected chi connectivity index (χ1v) is 7.27. The zero-order chi connectivity index (χ0) is 17.3. The zero-order valence-corrected chi connectivity index (χ0v) is 14.4. The number of methoxy groups -OCH3 is 2. The van der Waals surface area contributed by atoms with Crippen LogP contribution in [0.1, 0.15) is 33.6 Å². The minimum absolute atomic E-state index is 0.0459. The van der Waals surface area contributed by atoms with Crippen molar-refractivity contribution in [2.45, 2.75) is 44.6 Å². The quantitative estimate of drug-likeness (QED) is 0.433. The molecule has 0 fully saturated rings. The number of rotatable bonds is 7. The minimum Gasteiger partial charge on any atom is -0.469 e. The van der Waals surface area contributed by atoms with Gasteiger partial charge in [-0.3, -0.25) is 9.59 Å². The van der Waals surface area contributed by atoms with Gasteiger partial charge in [0.15, 0.2) is 0 Å². The predicted molar refractivity (Wildman–Crippen MR) is 80.6 cm³/mol. The van der Waals surface area contributed by atoms with E-state index in [-0.39, 0.29) is 19.4 Å². The van der Waals surface area contributed by atoms with E-state index in [1.807, 2.05) is 0 Å². The molecule has 0 aromatic carbocycles. The summed E-state index contributed by atoms with van der Waals surface area (Å²) in [6.45, 7) is 5.27. The van der Waals surface area contributed by atoms with Crippen molar-refractivity contribution in [2.75, 3.05) is 20.8 Å². The Labute approximate surface area is 135 Å². The molecule has 7 nitrogen and oxygen atoms in total. The number of nitrogens with one attached hydrogen (secondary N) is 1. The van der Waals surface area contributed by atoms with Crippen LogP contribution in [-0.4, -0.2) is 49.8 Å². The molecule has 0 aliphatic rings. The largest absolute Gasteiger partial charge is 0.469 e. The van der Waals surface area contributed by atoms with Crippen molar-refractivity contribution in [1.82, 2.24) is 5.32 Å². The summed E-state index contributed by atoms with van der Waals surface area (Å²) in [6, 6.07) is 0. The van der Waals surface area contributed by atoms with Gasteiger partial charge in [0.2, 0.25) is 0 Å². The molecule has 0 aliphatic carbocycles. The van der Waals surface area contributed by atoms with E-state index in [1.54, 1.807) is 20.8 Å². The van der Waals surface area contributed by atoms with Crippen LogP contribution in [0.25, 0.3) is 0 Å². The second kappa shape index (κ2) is 9.50. The molecule has 8 heteroatoms. The number of alkyl halides is 1. The third kappa shape index (κ3) is 9.44. The van der Waals surface area contributed by atoms with Crippen LogP contribution in [0.5, 0.6) is 0 Å². The molecule has 1 amide bonds. The molecule has 1 N–H and O–H groups in total. The van der Waals surface area contributed by atoms with Gasteiger partial charge >= 0.3 is 18.0 Å². The lowest BCUT2D eigenvalue weighted by Gasteiger charge is -2.23. The van der Waals surface area contributed by atoms with Crippen LogP contribution in [0.3, 0.4) is 0 Å². The number of carbonyl (C=O) groups excluding carboxylic acids is 3. The molecule has 0 aromatic heterocycles. The summed E-state index contributed by atoms with van der Waals surface area (Å²) in [5, 5.41) is 1.86. The van der Waals surface area contributed by atoms with Gasteiger partial charge in [-0.2, -0.15) is 0 Å². The highest BCUT2D eigenvalue weighted by Gasteiger charge is 2.27. The van der Waals surface area contributed by atoms with Gasteiger partial charge in [-0.1, -0.05) is 0 Å². The van der Waals surface area contributed by atoms with Gasteiger partial charge in [0.25, 0.3) is 0 Å². The molecule has 0 saturated heterocycles. The molecule has 0 rings (SSSR count). The first kappa shape index (κ1) is 20.5. The summed E-state index contributed by atoms with van der Waals surface area (Å²) >= 11 is 6.18. The lowest BCUT2D eigenvalue weighted by atomic mass is 9.97. The lowest BCUT2D eigenvalue weighted by Crippen LogP contribution is -2.38. The summed E-state index contributed by atoms with van der Waals surface area (Å²) in [7, 11) is 2.50. The number of halogens is 1. The first-order valence-electron chi connectivity index (χ1n) is 6.83. The molecule has 1 atom stereocenters. The smallest absolute Gasteiger partial charge is 0.407 e. The third-order valence-electron chi connectivity index (χ3n) is 2.66. The summed E-state index contributed by atoms with van der Waals surface area (Å²) < 4.78 is 14.2. The van der Waals surface area contributed by atoms with Crippen molar-refractivity contribution in [3.8, 4) is 0 Å². The van der Waals surface area contributed by atoms with Gasteiger partial charge in [0, 0.05) is 6.54 Å². The monoisotopic (exact) mass is 337 g/mol. The number of esters is 2. The molecule has 0 bridgehead atoms. The van der Waals surface area contributed by atoms with E-state index in [0.717, 1.165) is 0 Å². The SMILES string of the molecule is COC(=O)CC(CC(=O)OC)C(Cl)CNC(=O)OC(C)(C)C. The second-order valence-corrected chi connectivity index (χ2v) is 6.28. The highest BCUT2D eigenvalue weighted by atomic mass is 35.5. The van der Waals surface area contributed by atoms with Crippen LogP contribution in [-0.2, 0) is 23.8 Å². The Morgan fingerprint density at radius 1 is 1.05 bits per heavy atom. The van der Waals surface area contributed by atoms with E-state index >= 15 is 0 Å². The number of hydrogen-bond acceptors (Lipinski definition) is 6. The van der Waals surface area contributed by atoms with Crippen LogP contribution < -0.4 is 5.32 Å². The first-order chi connectivity index (χ1) is 10.1. The molecule has 0 aromatic rings. The fraction of sp³-hybridized carbons (Fsp3) is 0.786. The van der Waals surface area contributed by atoms with E-state index in [4.69, 9.17) is 16.3 Å². The molecule has 0 spiro atoms. The Morgan fingerprint density at radius 3 is 1.86 bits per heavy atom. The molecule has 0 aliphatic heterocycles. The number of ether oxygens (including phenoxy) is 3. The molecule has 0 heterocycles. The fourth-order valence-electron chi connectivity index (χ4n) is 1.58. The summed E-state index contributed by atoms with van der Waals surface area (Å²) in [5.74, 6) is -1.50. The predicted octanol–water partition coefficient (Wildman–Crippen LogP) is 1.86. The highest BCUT2D eigenvalue weighted by Crippen LogP contribution is 2.20. The van der Waals surface area contributed by atoms with Crippen molar-refractivity contribution in [2.24, 2.45) is 5.92 Å². The van der Waals surface area contributed by atoms with Gasteiger partial charge in [0.05, 0.1) is 32.4 Å². The number of carbonyl (C=O) groups is 3. The topological polar surface area (TPSA) is 90.9 Å². The van der Waals surface area contributed by atoms with Crippen LogP contribution in [0, 0.1) is 5.92 Å². The van der Waals surface area contributed by atoms with E-state index < -0.39 is 34.9 Å². The third-order valence-corrected chi connectivity index (χ3v) is 3.18. The van der Waals surface area contributed by atoms with Crippen LogP contribution in [0.15, 0.2) is 0 Å². The molecule has 0 radical (unpaired) electrons. The normalized spacial score (nSPS) is 12.5. The van der Waals surface area contributed by atoms with E-state index in [0.29, 0.717) is 0 Å². The van der Waals surface area contributed by atoms with Gasteiger partial charge in [-0.05, 0) is 26.7 Å². The molecule has 22 heavy (non-hydrogen) atoms. The average Bonchev–Trinajstić information content (AvgIpc) is 2.41. The average molecular weight is 338 g/mol. The van der Waals surface area contributed by atoms with Gasteiger partial charge in [0.1, 0.15) is 5.60 Å². The standard InChI is InChI=1S/C14H24ClNO6/c1-14(2,3)22-13(19)16-8-10(15)9(6-11(17)20-4)7-12(18)21-5/h9-10H,6-8H2,1-5H3,(H,16,19). The molecule has 0 saturated carbocycles. The summed E-state index contributed by atoms with van der Waals surface area (Å²) in [5.41, 5.74) is -0.622. The summed E-state index contributed by atoms with van der Waals surface area (Å²) in [4.78, 5) is 34.3. The van der Waals surface area contributed by atoms with Crippen molar-refractivity contribution in [3.63, 3.8) is 0 Å². The molecule has 1 unspecified atom stereocenters. The Kier molecular flexibility index (Phi) is 8.86. The Balaban J connectivity index is 4.54. The fourth-order valence-corrected chi connectivity index (χ4v) is 1.84. The second-order valence-electron chi connectivity index (χ2n) is 5.72. The Bertz CT molecular complexity index is 375. The zero-order valence-electron chi connectivity index (χ0n) is 13.6. The molecular formula is C14H24ClNO6. The molecular weight excluding hydrogens is 314 g/mol. The van der Waals surface area contributed by atoms with Gasteiger partial charge in [-0.15, -0.1) is 11.6 Å². The van der Waals surface area contributed by atoms with Gasteiger partial charge in [-0.25, -0.2) is 4.79 Å². The van der Waals surface area contributed by atoms with Crippen LogP contribution in [0.4, 0.5) is 4.79 Å². The number of hydrogen-bond donors (Lipinski definition) is 1. The maximum Gasteiger partial charge on any atom is 0.407 e. The lowest BCUT2D eigenvalue weighted by molar-refractivity contribution is -0.144. The van der Waals surface area contributed by atoms with E-state index in [9.17, 15) is 14.4 Å². The van der Waals surface area contributed by atoms with Crippen LogP contribution >= 0.6 is 11.6 Å². The maximum atomic E-state index is 11.6. The number of alkyl carbamates (subject to hydrolysis) is 1. The Morgan fingerprint density at radius 2 is 1.50 bits per heavy atom. The van der Waals surface area contributed by atoms with E-state index in [1.165, 1.54) is 14.2 Å².